The number of hydrogen-bond donors (Lipinski definition) is 1. The van der Waals surface area contributed by atoms with E-state index in [4.69, 9.17) is 5.11 Å². The molecule has 1 aromatic rings. The molecule has 1 aliphatic carbocycles. The van der Waals surface area contributed by atoms with Crippen LogP contribution in [0.4, 0.5) is 0 Å². The maximum Gasteiger partial charge on any atom is 0.335 e. The van der Waals surface area contributed by atoms with Crippen molar-refractivity contribution in [2.24, 2.45) is 5.92 Å². The van der Waals surface area contributed by atoms with Crippen molar-refractivity contribution in [2.45, 2.75) is 32.4 Å². The van der Waals surface area contributed by atoms with E-state index in [2.05, 4.69) is 4.90 Å². The fourth-order valence-corrected chi connectivity index (χ4v) is 2.53. The smallest absolute Gasteiger partial charge is 0.335 e. The maximum atomic E-state index is 10.9. The van der Waals surface area contributed by atoms with Crippen LogP contribution in [0.3, 0.4) is 0 Å². The highest BCUT2D eigenvalue weighted by atomic mass is 16.4. The lowest BCUT2D eigenvalue weighted by atomic mass is 10.1. The van der Waals surface area contributed by atoms with Gasteiger partial charge in [0.1, 0.15) is 0 Å². The molecule has 1 aliphatic heterocycles. The summed E-state index contributed by atoms with van der Waals surface area (Å²) in [5, 5.41) is 8.95. The van der Waals surface area contributed by atoms with Gasteiger partial charge in [0.25, 0.3) is 0 Å². The minimum absolute atomic E-state index is 0.410. The van der Waals surface area contributed by atoms with Gasteiger partial charge in [-0.25, -0.2) is 4.79 Å². The lowest BCUT2D eigenvalue weighted by Gasteiger charge is -2.13. The van der Waals surface area contributed by atoms with Gasteiger partial charge >= 0.3 is 5.97 Å². The summed E-state index contributed by atoms with van der Waals surface area (Å²) in [5.74, 6) is 0.137. The van der Waals surface area contributed by atoms with Crippen molar-refractivity contribution < 1.29 is 9.90 Å². The molecule has 0 radical (unpaired) electrons. The number of carbonyl (C=O) groups is 1. The summed E-state index contributed by atoms with van der Waals surface area (Å²) in [7, 11) is 0. The van der Waals surface area contributed by atoms with Gasteiger partial charge in [0.15, 0.2) is 0 Å². The molecular formula is C14H17NO2. The van der Waals surface area contributed by atoms with Crippen molar-refractivity contribution in [3.05, 3.63) is 34.9 Å². The first kappa shape index (κ1) is 10.8. The fraction of sp³-hybridized carbons (Fsp3) is 0.500. The number of carboxylic acid groups (broad SMARTS) is 1. The Morgan fingerprint density at radius 2 is 2.06 bits per heavy atom. The second-order valence-electron chi connectivity index (χ2n) is 5.23. The third-order valence-corrected chi connectivity index (χ3v) is 3.79. The Kier molecular flexibility index (Phi) is 2.63. The molecule has 0 atom stereocenters. The van der Waals surface area contributed by atoms with Crippen LogP contribution < -0.4 is 0 Å². The van der Waals surface area contributed by atoms with E-state index in [0.717, 1.165) is 25.6 Å². The monoisotopic (exact) mass is 231 g/mol. The van der Waals surface area contributed by atoms with Crippen molar-refractivity contribution in [1.29, 1.82) is 0 Å². The van der Waals surface area contributed by atoms with Gasteiger partial charge in [-0.05, 0) is 42.1 Å². The number of rotatable bonds is 4. The molecule has 3 rings (SSSR count). The van der Waals surface area contributed by atoms with E-state index in [1.165, 1.54) is 30.4 Å². The second-order valence-corrected chi connectivity index (χ2v) is 5.23. The largest absolute Gasteiger partial charge is 0.478 e. The fourth-order valence-electron chi connectivity index (χ4n) is 2.53. The number of carboxylic acids is 1. The summed E-state index contributed by atoms with van der Waals surface area (Å²) in [6, 6.07) is 5.51. The van der Waals surface area contributed by atoms with Gasteiger partial charge in [-0.1, -0.05) is 18.9 Å². The van der Waals surface area contributed by atoms with Crippen LogP contribution in [0.15, 0.2) is 18.2 Å². The van der Waals surface area contributed by atoms with Crippen molar-refractivity contribution >= 4 is 5.97 Å². The molecule has 0 saturated heterocycles. The molecule has 0 amide bonds. The zero-order valence-corrected chi connectivity index (χ0v) is 9.85. The Morgan fingerprint density at radius 3 is 2.76 bits per heavy atom. The van der Waals surface area contributed by atoms with Crippen LogP contribution in [0.2, 0.25) is 0 Å². The zero-order valence-electron chi connectivity index (χ0n) is 9.85. The number of benzene rings is 1. The lowest BCUT2D eigenvalue weighted by molar-refractivity contribution is 0.0697. The van der Waals surface area contributed by atoms with E-state index in [1.54, 1.807) is 6.07 Å². The molecule has 3 heteroatoms. The summed E-state index contributed by atoms with van der Waals surface area (Å²) in [5.41, 5.74) is 2.90. The van der Waals surface area contributed by atoms with Gasteiger partial charge in [-0.2, -0.15) is 0 Å². The Balaban J connectivity index is 1.67. The van der Waals surface area contributed by atoms with Crippen molar-refractivity contribution in [1.82, 2.24) is 4.90 Å². The first-order valence-electron chi connectivity index (χ1n) is 6.30. The molecule has 90 valence electrons. The summed E-state index contributed by atoms with van der Waals surface area (Å²) in [6.07, 6.45) is 4.12. The zero-order chi connectivity index (χ0) is 11.8. The average Bonchev–Trinajstić information content (AvgIpc) is 3.04. The predicted octanol–water partition coefficient (Wildman–Crippen LogP) is 2.50. The van der Waals surface area contributed by atoms with Gasteiger partial charge < -0.3 is 5.11 Å². The molecule has 2 aliphatic rings. The van der Waals surface area contributed by atoms with E-state index < -0.39 is 5.97 Å². The summed E-state index contributed by atoms with van der Waals surface area (Å²) in [6.45, 7) is 3.06. The van der Waals surface area contributed by atoms with Gasteiger partial charge in [-0.15, -0.1) is 0 Å². The topological polar surface area (TPSA) is 40.5 Å². The highest BCUT2D eigenvalue weighted by Crippen LogP contribution is 2.33. The van der Waals surface area contributed by atoms with Crippen LogP contribution in [0, 0.1) is 5.92 Å². The molecule has 0 bridgehead atoms. The minimum Gasteiger partial charge on any atom is -0.478 e. The molecule has 0 spiro atoms. The third kappa shape index (κ3) is 2.34. The molecule has 17 heavy (non-hydrogen) atoms. The van der Waals surface area contributed by atoms with E-state index in [1.807, 2.05) is 12.1 Å². The first-order valence-corrected chi connectivity index (χ1v) is 6.30. The maximum absolute atomic E-state index is 10.9. The molecule has 0 aromatic heterocycles. The van der Waals surface area contributed by atoms with Crippen LogP contribution in [-0.4, -0.2) is 22.5 Å². The SMILES string of the molecule is O=C(O)c1ccc2c(c1)CN(CCC1CC1)C2. The molecule has 0 unspecified atom stereocenters. The van der Waals surface area contributed by atoms with Crippen molar-refractivity contribution in [3.63, 3.8) is 0 Å². The molecule has 1 aromatic carbocycles. The number of nitrogens with zero attached hydrogens (tertiary/aromatic N) is 1. The first-order chi connectivity index (χ1) is 8.22. The third-order valence-electron chi connectivity index (χ3n) is 3.79. The molecule has 1 fully saturated rings. The summed E-state index contributed by atoms with van der Waals surface area (Å²) >= 11 is 0. The van der Waals surface area contributed by atoms with E-state index >= 15 is 0 Å². The van der Waals surface area contributed by atoms with Crippen molar-refractivity contribution in [3.8, 4) is 0 Å². The quantitative estimate of drug-likeness (QED) is 0.865. The standard InChI is InChI=1S/C14H17NO2/c16-14(17)11-3-4-12-8-15(9-13(12)7-11)6-5-10-1-2-10/h3-4,7,10H,1-2,5-6,8-9H2,(H,16,17). The Hall–Kier alpha value is -1.35. The van der Waals surface area contributed by atoms with Crippen LogP contribution in [0.25, 0.3) is 0 Å². The molecule has 1 saturated carbocycles. The molecule has 3 nitrogen and oxygen atoms in total. The average molecular weight is 231 g/mol. The van der Waals surface area contributed by atoms with E-state index in [-0.39, 0.29) is 0 Å². The van der Waals surface area contributed by atoms with Crippen LogP contribution in [-0.2, 0) is 13.1 Å². The van der Waals surface area contributed by atoms with E-state index in [9.17, 15) is 4.79 Å². The molecule has 1 heterocycles. The van der Waals surface area contributed by atoms with E-state index in [0.29, 0.717) is 5.56 Å². The number of aromatic carboxylic acids is 1. The van der Waals surface area contributed by atoms with Crippen molar-refractivity contribution in [2.75, 3.05) is 6.54 Å². The number of fused-ring (bicyclic) bond motifs is 1. The van der Waals surface area contributed by atoms with Crippen LogP contribution >= 0.6 is 0 Å². The predicted molar refractivity (Wildman–Crippen MR) is 64.9 cm³/mol. The summed E-state index contributed by atoms with van der Waals surface area (Å²) in [4.78, 5) is 13.3. The molecule has 1 N–H and O–H groups in total. The van der Waals surface area contributed by atoms with Gasteiger partial charge in [0.2, 0.25) is 0 Å². The number of hydrogen-bond acceptors (Lipinski definition) is 2. The normalized spacial score (nSPS) is 19.3. The molecular weight excluding hydrogens is 214 g/mol. The Bertz CT molecular complexity index is 452. The highest BCUT2D eigenvalue weighted by Gasteiger charge is 2.24. The van der Waals surface area contributed by atoms with Crippen LogP contribution in [0.1, 0.15) is 40.7 Å². The Labute approximate surface area is 101 Å². The highest BCUT2D eigenvalue weighted by molar-refractivity contribution is 5.87. The van der Waals surface area contributed by atoms with Gasteiger partial charge in [0.05, 0.1) is 5.56 Å². The second kappa shape index (κ2) is 4.15. The van der Waals surface area contributed by atoms with Gasteiger partial charge in [-0.3, -0.25) is 4.90 Å². The lowest BCUT2D eigenvalue weighted by Crippen LogP contribution is -2.17. The summed E-state index contributed by atoms with van der Waals surface area (Å²) < 4.78 is 0. The van der Waals surface area contributed by atoms with Crippen LogP contribution in [0.5, 0.6) is 0 Å². The van der Waals surface area contributed by atoms with Gasteiger partial charge in [0, 0.05) is 13.1 Å². The Morgan fingerprint density at radius 1 is 1.29 bits per heavy atom. The minimum atomic E-state index is -0.829.